The number of carbonyl (C=O) groups is 1. The van der Waals surface area contributed by atoms with Gasteiger partial charge in [0.05, 0.1) is 5.56 Å². The number of pyridine rings is 1. The molecule has 0 aliphatic carbocycles. The molecule has 0 spiro atoms. The molecule has 0 unspecified atom stereocenters. The van der Waals surface area contributed by atoms with E-state index in [9.17, 15) is 9.90 Å². The molecule has 1 aromatic carbocycles. The first-order valence-electron chi connectivity index (χ1n) is 5.19. The first-order valence-corrected chi connectivity index (χ1v) is 5.19. The Labute approximate surface area is 98.9 Å². The second kappa shape index (κ2) is 4.65. The van der Waals surface area contributed by atoms with E-state index in [2.05, 4.69) is 10.3 Å². The summed E-state index contributed by atoms with van der Waals surface area (Å²) in [7, 11) is 0. The SMILES string of the molecule is Cc1ccc(NC(=O)c2ccccc2O)nc1. The number of benzene rings is 1. The second-order valence-electron chi connectivity index (χ2n) is 3.69. The first-order chi connectivity index (χ1) is 8.16. The van der Waals surface area contributed by atoms with E-state index in [-0.39, 0.29) is 17.2 Å². The summed E-state index contributed by atoms with van der Waals surface area (Å²) in [6.45, 7) is 1.92. The average molecular weight is 228 g/mol. The Morgan fingerprint density at radius 1 is 1.24 bits per heavy atom. The van der Waals surface area contributed by atoms with Crippen LogP contribution in [0.3, 0.4) is 0 Å². The van der Waals surface area contributed by atoms with Gasteiger partial charge in [-0.1, -0.05) is 18.2 Å². The summed E-state index contributed by atoms with van der Waals surface area (Å²) in [5.41, 5.74) is 1.25. The van der Waals surface area contributed by atoms with Gasteiger partial charge in [0.15, 0.2) is 0 Å². The van der Waals surface area contributed by atoms with E-state index >= 15 is 0 Å². The lowest BCUT2D eigenvalue weighted by Gasteiger charge is -2.05. The molecule has 0 radical (unpaired) electrons. The van der Waals surface area contributed by atoms with Gasteiger partial charge in [-0.3, -0.25) is 4.79 Å². The number of hydrogen-bond acceptors (Lipinski definition) is 3. The van der Waals surface area contributed by atoms with Crippen LogP contribution in [0, 0.1) is 6.92 Å². The number of para-hydroxylation sites is 1. The van der Waals surface area contributed by atoms with Crippen molar-refractivity contribution in [1.29, 1.82) is 0 Å². The normalized spacial score (nSPS) is 9.94. The number of nitrogens with one attached hydrogen (secondary N) is 1. The molecule has 86 valence electrons. The third-order valence-electron chi connectivity index (χ3n) is 2.30. The molecule has 4 nitrogen and oxygen atoms in total. The largest absolute Gasteiger partial charge is 0.507 e. The van der Waals surface area contributed by atoms with E-state index in [1.165, 1.54) is 6.07 Å². The lowest BCUT2D eigenvalue weighted by molar-refractivity contribution is 0.102. The molecule has 17 heavy (non-hydrogen) atoms. The summed E-state index contributed by atoms with van der Waals surface area (Å²) in [6, 6.07) is 9.95. The number of aryl methyl sites for hydroxylation is 1. The molecule has 2 rings (SSSR count). The minimum Gasteiger partial charge on any atom is -0.507 e. The lowest BCUT2D eigenvalue weighted by Crippen LogP contribution is -2.12. The van der Waals surface area contributed by atoms with E-state index < -0.39 is 0 Å². The van der Waals surface area contributed by atoms with Gasteiger partial charge in [-0.2, -0.15) is 0 Å². The zero-order chi connectivity index (χ0) is 12.3. The van der Waals surface area contributed by atoms with Crippen molar-refractivity contribution in [2.24, 2.45) is 0 Å². The fourth-order valence-corrected chi connectivity index (χ4v) is 1.39. The standard InChI is InChI=1S/C13H12N2O2/c1-9-6-7-12(14-8-9)15-13(17)10-4-2-3-5-11(10)16/h2-8,16H,1H3,(H,14,15,17). The minimum absolute atomic E-state index is 0.0443. The van der Waals surface area contributed by atoms with Crippen LogP contribution in [0.2, 0.25) is 0 Å². The topological polar surface area (TPSA) is 62.2 Å². The zero-order valence-electron chi connectivity index (χ0n) is 9.34. The lowest BCUT2D eigenvalue weighted by atomic mass is 10.2. The highest BCUT2D eigenvalue weighted by Gasteiger charge is 2.10. The summed E-state index contributed by atoms with van der Waals surface area (Å²) < 4.78 is 0. The third-order valence-corrected chi connectivity index (χ3v) is 2.30. The summed E-state index contributed by atoms with van der Waals surface area (Å²) in [4.78, 5) is 15.9. The maximum Gasteiger partial charge on any atom is 0.260 e. The Morgan fingerprint density at radius 2 is 2.00 bits per heavy atom. The molecule has 1 aromatic heterocycles. The van der Waals surface area contributed by atoms with E-state index in [1.54, 1.807) is 30.5 Å². The van der Waals surface area contributed by atoms with Gasteiger partial charge in [-0.15, -0.1) is 0 Å². The van der Waals surface area contributed by atoms with E-state index in [0.717, 1.165) is 5.56 Å². The average Bonchev–Trinajstić information content (AvgIpc) is 2.32. The van der Waals surface area contributed by atoms with Crippen molar-refractivity contribution in [3.05, 3.63) is 53.7 Å². The van der Waals surface area contributed by atoms with Crippen LogP contribution >= 0.6 is 0 Å². The molecule has 2 aromatic rings. The van der Waals surface area contributed by atoms with Crippen molar-refractivity contribution in [2.75, 3.05) is 5.32 Å². The van der Waals surface area contributed by atoms with Crippen LogP contribution in [0.1, 0.15) is 15.9 Å². The maximum absolute atomic E-state index is 11.8. The predicted molar refractivity (Wildman–Crippen MR) is 65.0 cm³/mol. The molecule has 0 aliphatic heterocycles. The molecular formula is C13H12N2O2. The van der Waals surface area contributed by atoms with Crippen LogP contribution in [-0.4, -0.2) is 16.0 Å². The van der Waals surface area contributed by atoms with Gasteiger partial charge in [0.25, 0.3) is 5.91 Å². The quantitative estimate of drug-likeness (QED) is 0.829. The fraction of sp³-hybridized carbons (Fsp3) is 0.0769. The van der Waals surface area contributed by atoms with Crippen LogP contribution in [0.5, 0.6) is 5.75 Å². The molecule has 1 heterocycles. The Balaban J connectivity index is 2.17. The predicted octanol–water partition coefficient (Wildman–Crippen LogP) is 2.35. The van der Waals surface area contributed by atoms with Gasteiger partial charge >= 0.3 is 0 Å². The highest BCUT2D eigenvalue weighted by Crippen LogP contribution is 2.17. The number of anilines is 1. The van der Waals surface area contributed by atoms with Gasteiger partial charge < -0.3 is 10.4 Å². The number of phenolic OH excluding ortho intramolecular Hbond substituents is 1. The molecule has 2 N–H and O–H groups in total. The van der Waals surface area contributed by atoms with Gasteiger partial charge in [0, 0.05) is 6.20 Å². The minimum atomic E-state index is -0.376. The fourth-order valence-electron chi connectivity index (χ4n) is 1.39. The number of hydrogen-bond donors (Lipinski definition) is 2. The monoisotopic (exact) mass is 228 g/mol. The number of phenols is 1. The molecule has 0 fully saturated rings. The van der Waals surface area contributed by atoms with Crippen LogP contribution < -0.4 is 5.32 Å². The maximum atomic E-state index is 11.8. The van der Waals surface area contributed by atoms with Crippen molar-refractivity contribution >= 4 is 11.7 Å². The summed E-state index contributed by atoms with van der Waals surface area (Å²) in [5, 5.41) is 12.1. The molecule has 0 saturated heterocycles. The summed E-state index contributed by atoms with van der Waals surface area (Å²) >= 11 is 0. The van der Waals surface area contributed by atoms with Crippen molar-refractivity contribution in [1.82, 2.24) is 4.98 Å². The van der Waals surface area contributed by atoms with Crippen LogP contribution in [0.25, 0.3) is 0 Å². The van der Waals surface area contributed by atoms with Gasteiger partial charge in [-0.25, -0.2) is 4.98 Å². The molecule has 0 saturated carbocycles. The number of aromatic hydroxyl groups is 1. The molecule has 0 bridgehead atoms. The number of carbonyl (C=O) groups excluding carboxylic acids is 1. The van der Waals surface area contributed by atoms with E-state index in [0.29, 0.717) is 5.82 Å². The summed E-state index contributed by atoms with van der Waals surface area (Å²) in [5.74, 6) is 0.0421. The number of aromatic nitrogens is 1. The Kier molecular flexibility index (Phi) is 3.05. The summed E-state index contributed by atoms with van der Waals surface area (Å²) in [6.07, 6.45) is 1.67. The highest BCUT2D eigenvalue weighted by atomic mass is 16.3. The molecular weight excluding hydrogens is 216 g/mol. The van der Waals surface area contributed by atoms with Crippen LogP contribution in [0.15, 0.2) is 42.6 Å². The number of rotatable bonds is 2. The van der Waals surface area contributed by atoms with Crippen molar-refractivity contribution in [3.8, 4) is 5.75 Å². The van der Waals surface area contributed by atoms with Crippen molar-refractivity contribution < 1.29 is 9.90 Å². The van der Waals surface area contributed by atoms with E-state index in [4.69, 9.17) is 0 Å². The number of amides is 1. The zero-order valence-corrected chi connectivity index (χ0v) is 9.34. The highest BCUT2D eigenvalue weighted by molar-refractivity contribution is 6.05. The Bertz CT molecular complexity index is 535. The van der Waals surface area contributed by atoms with Crippen LogP contribution in [0.4, 0.5) is 5.82 Å². The Morgan fingerprint density at radius 3 is 2.65 bits per heavy atom. The first kappa shape index (κ1) is 11.1. The van der Waals surface area contributed by atoms with Crippen LogP contribution in [-0.2, 0) is 0 Å². The van der Waals surface area contributed by atoms with Gasteiger partial charge in [0.2, 0.25) is 0 Å². The van der Waals surface area contributed by atoms with E-state index in [1.807, 2.05) is 13.0 Å². The van der Waals surface area contributed by atoms with Gasteiger partial charge in [-0.05, 0) is 30.7 Å². The molecule has 4 heteroatoms. The number of nitrogens with zero attached hydrogens (tertiary/aromatic N) is 1. The van der Waals surface area contributed by atoms with Crippen molar-refractivity contribution in [3.63, 3.8) is 0 Å². The Hall–Kier alpha value is -2.36. The third kappa shape index (κ3) is 2.60. The molecule has 0 aliphatic rings. The van der Waals surface area contributed by atoms with Crippen molar-refractivity contribution in [2.45, 2.75) is 6.92 Å². The second-order valence-corrected chi connectivity index (χ2v) is 3.69. The van der Waals surface area contributed by atoms with Gasteiger partial charge in [0.1, 0.15) is 11.6 Å². The smallest absolute Gasteiger partial charge is 0.260 e. The molecule has 1 amide bonds. The molecule has 0 atom stereocenters.